The maximum Gasteiger partial charge on any atom is 0.414 e. The molecule has 17 heavy (non-hydrogen) atoms. The van der Waals surface area contributed by atoms with Crippen LogP contribution in [0.1, 0.15) is 19.3 Å². The van der Waals surface area contributed by atoms with E-state index in [-0.39, 0.29) is 0 Å². The molecule has 0 unspecified atom stereocenters. The first-order valence-corrected chi connectivity index (χ1v) is 4.78. The quantitative estimate of drug-likeness (QED) is 0.326. The van der Waals surface area contributed by atoms with Crippen molar-refractivity contribution in [1.82, 2.24) is 0 Å². The van der Waals surface area contributed by atoms with Gasteiger partial charge in [0.1, 0.15) is 0 Å². The van der Waals surface area contributed by atoms with Crippen LogP contribution in [0.2, 0.25) is 0 Å². The lowest BCUT2D eigenvalue weighted by Gasteiger charge is -2.23. The Morgan fingerprint density at radius 2 is 1.76 bits per heavy atom. The molecule has 8 nitrogen and oxygen atoms in total. The maximum absolute atomic E-state index is 11.0. The van der Waals surface area contributed by atoms with E-state index in [1.165, 1.54) is 7.11 Å². The van der Waals surface area contributed by atoms with Crippen LogP contribution in [0.3, 0.4) is 0 Å². The van der Waals surface area contributed by atoms with Gasteiger partial charge >= 0.3 is 17.9 Å². The second kappa shape index (κ2) is 6.16. The molecule has 0 spiro atoms. The number of rotatable bonds is 1. The van der Waals surface area contributed by atoms with E-state index >= 15 is 0 Å². The lowest BCUT2D eigenvalue weighted by Crippen LogP contribution is -2.50. The van der Waals surface area contributed by atoms with Gasteiger partial charge in [0.2, 0.25) is 0 Å². The Hall–Kier alpha value is -1.67. The van der Waals surface area contributed by atoms with E-state index in [4.69, 9.17) is 25.5 Å². The van der Waals surface area contributed by atoms with Crippen LogP contribution in [-0.2, 0) is 19.1 Å². The smallest absolute Gasteiger partial charge is 0.414 e. The van der Waals surface area contributed by atoms with Gasteiger partial charge in [0.05, 0.1) is 7.11 Å². The predicted octanol–water partition coefficient (Wildman–Crippen LogP) is -1.44. The number of hydrogen-bond donors (Lipinski definition) is 4. The van der Waals surface area contributed by atoms with Crippen LogP contribution in [0.15, 0.2) is 0 Å². The number of aliphatic hydroxyl groups is 1. The van der Waals surface area contributed by atoms with Gasteiger partial charge in [-0.1, -0.05) is 0 Å². The molecule has 1 saturated carbocycles. The molecule has 2 atom stereocenters. The minimum Gasteiger partial charge on any atom is -0.473 e. The Balaban J connectivity index is 0.000000366. The number of hydrogen-bond acceptors (Lipinski definition) is 6. The monoisotopic (exact) mass is 249 g/mol. The number of methoxy groups -OCH3 is 1. The summed E-state index contributed by atoms with van der Waals surface area (Å²) >= 11 is 0. The van der Waals surface area contributed by atoms with E-state index < -0.39 is 29.6 Å². The number of carboxylic acids is 2. The third kappa shape index (κ3) is 4.00. The topological polar surface area (TPSA) is 147 Å². The molecule has 1 fully saturated rings. The molecule has 8 heteroatoms. The third-order valence-corrected chi connectivity index (χ3v) is 2.41. The van der Waals surface area contributed by atoms with Gasteiger partial charge < -0.3 is 25.8 Å². The molecule has 5 N–H and O–H groups in total. The van der Waals surface area contributed by atoms with Crippen molar-refractivity contribution in [2.45, 2.75) is 30.9 Å². The molecule has 0 aliphatic heterocycles. The van der Waals surface area contributed by atoms with Gasteiger partial charge in [-0.25, -0.2) is 14.4 Å². The molecular weight excluding hydrogens is 234 g/mol. The molecule has 1 rings (SSSR count). The summed E-state index contributed by atoms with van der Waals surface area (Å²) in [4.78, 5) is 29.2. The lowest BCUT2D eigenvalue weighted by molar-refractivity contribution is -0.162. The summed E-state index contributed by atoms with van der Waals surface area (Å²) in [5, 5.41) is 24.4. The Bertz CT molecular complexity index is 304. The predicted molar refractivity (Wildman–Crippen MR) is 54.1 cm³/mol. The van der Waals surface area contributed by atoms with Crippen molar-refractivity contribution in [2.75, 3.05) is 7.11 Å². The number of nitrogens with two attached hydrogens (primary N) is 1. The summed E-state index contributed by atoms with van der Waals surface area (Å²) in [6.45, 7) is 0. The molecule has 98 valence electrons. The summed E-state index contributed by atoms with van der Waals surface area (Å²) in [6.07, 6.45) is 1.89. The first-order valence-electron chi connectivity index (χ1n) is 4.78. The van der Waals surface area contributed by atoms with Crippen molar-refractivity contribution in [3.05, 3.63) is 0 Å². The Labute approximate surface area is 97.0 Å². The van der Waals surface area contributed by atoms with Crippen LogP contribution in [0, 0.1) is 0 Å². The highest BCUT2D eigenvalue weighted by molar-refractivity contribution is 6.27. The molecular formula is C9H15NO7. The molecule has 1 aliphatic rings. The fourth-order valence-corrected chi connectivity index (χ4v) is 1.45. The number of ether oxygens (including phenoxy) is 1. The van der Waals surface area contributed by atoms with Crippen LogP contribution >= 0.6 is 0 Å². The molecule has 0 amide bonds. The van der Waals surface area contributed by atoms with E-state index in [0.717, 1.165) is 6.42 Å². The van der Waals surface area contributed by atoms with Gasteiger partial charge in [-0.3, -0.25) is 0 Å². The maximum atomic E-state index is 11.0. The summed E-state index contributed by atoms with van der Waals surface area (Å²) in [7, 11) is 1.26. The van der Waals surface area contributed by atoms with E-state index in [0.29, 0.717) is 12.8 Å². The number of esters is 1. The lowest BCUT2D eigenvalue weighted by atomic mass is 9.99. The van der Waals surface area contributed by atoms with Crippen LogP contribution in [0.4, 0.5) is 0 Å². The number of aliphatic carboxylic acids is 2. The van der Waals surface area contributed by atoms with Crippen molar-refractivity contribution in [3.63, 3.8) is 0 Å². The summed E-state index contributed by atoms with van der Waals surface area (Å²) < 4.78 is 4.44. The summed E-state index contributed by atoms with van der Waals surface area (Å²) in [6, 6.07) is -0.463. The molecule has 0 bridgehead atoms. The first kappa shape index (κ1) is 15.3. The molecule has 0 aromatic rings. The summed E-state index contributed by atoms with van der Waals surface area (Å²) in [5.41, 5.74) is 4.12. The Morgan fingerprint density at radius 1 is 1.29 bits per heavy atom. The molecule has 0 radical (unpaired) electrons. The Morgan fingerprint density at radius 3 is 2.00 bits per heavy atom. The largest absolute Gasteiger partial charge is 0.473 e. The van der Waals surface area contributed by atoms with Gasteiger partial charge in [0, 0.05) is 6.04 Å². The molecule has 0 aromatic carbocycles. The van der Waals surface area contributed by atoms with E-state index in [1.807, 2.05) is 0 Å². The number of carboxylic acid groups (broad SMARTS) is 2. The zero-order valence-electron chi connectivity index (χ0n) is 9.25. The second-order valence-corrected chi connectivity index (χ2v) is 3.52. The highest BCUT2D eigenvalue weighted by Crippen LogP contribution is 2.29. The third-order valence-electron chi connectivity index (χ3n) is 2.41. The fraction of sp³-hybridized carbons (Fsp3) is 0.667. The first-order chi connectivity index (χ1) is 7.75. The van der Waals surface area contributed by atoms with E-state index in [9.17, 15) is 9.90 Å². The van der Waals surface area contributed by atoms with Crippen molar-refractivity contribution in [2.24, 2.45) is 5.73 Å². The van der Waals surface area contributed by atoms with Gasteiger partial charge in [-0.2, -0.15) is 0 Å². The zero-order valence-corrected chi connectivity index (χ0v) is 9.25. The van der Waals surface area contributed by atoms with Crippen LogP contribution in [0.25, 0.3) is 0 Å². The highest BCUT2D eigenvalue weighted by atomic mass is 16.5. The van der Waals surface area contributed by atoms with Crippen LogP contribution in [-0.4, -0.2) is 52.0 Å². The van der Waals surface area contributed by atoms with E-state index in [2.05, 4.69) is 4.74 Å². The summed E-state index contributed by atoms with van der Waals surface area (Å²) in [5.74, 6) is -4.26. The van der Waals surface area contributed by atoms with Crippen molar-refractivity contribution < 1.29 is 34.4 Å². The van der Waals surface area contributed by atoms with Crippen LogP contribution in [0.5, 0.6) is 0 Å². The molecule has 0 heterocycles. The molecule has 1 aliphatic carbocycles. The van der Waals surface area contributed by atoms with Crippen molar-refractivity contribution in [1.29, 1.82) is 0 Å². The average Bonchev–Trinajstić information content (AvgIpc) is 2.60. The van der Waals surface area contributed by atoms with Gasteiger partial charge in [0.15, 0.2) is 5.60 Å². The highest BCUT2D eigenvalue weighted by Gasteiger charge is 2.46. The zero-order chi connectivity index (χ0) is 13.6. The fourth-order valence-electron chi connectivity index (χ4n) is 1.45. The van der Waals surface area contributed by atoms with Crippen molar-refractivity contribution in [3.8, 4) is 0 Å². The number of carbonyl (C=O) groups is 3. The molecule has 0 aromatic heterocycles. The second-order valence-electron chi connectivity index (χ2n) is 3.52. The van der Waals surface area contributed by atoms with Gasteiger partial charge in [0.25, 0.3) is 0 Å². The normalized spacial score (nSPS) is 26.6. The number of carbonyl (C=O) groups excluding carboxylic acids is 1. The minimum atomic E-state index is -1.82. The van der Waals surface area contributed by atoms with Gasteiger partial charge in [-0.15, -0.1) is 0 Å². The van der Waals surface area contributed by atoms with Crippen LogP contribution < -0.4 is 5.73 Å². The average molecular weight is 249 g/mol. The molecule has 0 saturated heterocycles. The minimum absolute atomic E-state index is 0.418. The Kier molecular flexibility index (Phi) is 5.56. The van der Waals surface area contributed by atoms with Gasteiger partial charge in [-0.05, 0) is 19.3 Å². The standard InChI is InChI=1S/C7H13NO3.C2H2O4/c1-11-6(9)7(10)4-2-3-5(7)8;3-1(4)2(5)6/h5,10H,2-4,8H2,1H3;(H,3,4)(H,5,6)/t5-,7-;/m1./s1. The van der Waals surface area contributed by atoms with E-state index in [1.54, 1.807) is 0 Å². The van der Waals surface area contributed by atoms with Crippen molar-refractivity contribution >= 4 is 17.9 Å². The SMILES string of the molecule is COC(=O)[C@@]1(O)CCC[C@H]1N.O=C(O)C(=O)O.